The van der Waals surface area contributed by atoms with Crippen molar-refractivity contribution in [3.8, 4) is 0 Å². The summed E-state index contributed by atoms with van der Waals surface area (Å²) < 4.78 is 6.04. The SMILES string of the molecule is C1COC(C2C3CC4CC(C3)CC2C4)CN1. The summed E-state index contributed by atoms with van der Waals surface area (Å²) in [5, 5.41) is 3.52. The predicted octanol–water partition coefficient (Wildman–Crippen LogP) is 2.05. The molecule has 5 aliphatic rings. The molecule has 2 nitrogen and oxygen atoms in total. The van der Waals surface area contributed by atoms with Crippen molar-refractivity contribution in [1.82, 2.24) is 5.32 Å². The molecule has 1 N–H and O–H groups in total. The summed E-state index contributed by atoms with van der Waals surface area (Å²) in [7, 11) is 0. The van der Waals surface area contributed by atoms with Crippen LogP contribution in [0.1, 0.15) is 32.1 Å². The van der Waals surface area contributed by atoms with Crippen LogP contribution in [0.2, 0.25) is 0 Å². The molecule has 1 saturated heterocycles. The molecule has 1 atom stereocenters. The zero-order valence-electron chi connectivity index (χ0n) is 10.0. The molecule has 0 amide bonds. The van der Waals surface area contributed by atoms with Crippen molar-refractivity contribution in [2.24, 2.45) is 29.6 Å². The van der Waals surface area contributed by atoms with Crippen LogP contribution >= 0.6 is 0 Å². The molecule has 90 valence electrons. The first-order chi connectivity index (χ1) is 7.90. The largest absolute Gasteiger partial charge is 0.375 e. The van der Waals surface area contributed by atoms with Gasteiger partial charge in [0.1, 0.15) is 0 Å². The second-order valence-corrected chi connectivity index (χ2v) is 6.62. The molecule has 5 fully saturated rings. The maximum absolute atomic E-state index is 6.04. The molecule has 0 aromatic carbocycles. The van der Waals surface area contributed by atoms with Crippen LogP contribution in [0.15, 0.2) is 0 Å². The summed E-state index contributed by atoms with van der Waals surface area (Å²) in [6.07, 6.45) is 8.21. The number of nitrogens with one attached hydrogen (secondary N) is 1. The fourth-order valence-electron chi connectivity index (χ4n) is 5.41. The monoisotopic (exact) mass is 221 g/mol. The Hall–Kier alpha value is -0.0800. The first kappa shape index (κ1) is 9.90. The van der Waals surface area contributed by atoms with Crippen LogP contribution in [0.5, 0.6) is 0 Å². The zero-order chi connectivity index (χ0) is 10.5. The average Bonchev–Trinajstić information content (AvgIpc) is 2.29. The summed E-state index contributed by atoms with van der Waals surface area (Å²) >= 11 is 0. The lowest BCUT2D eigenvalue weighted by Gasteiger charge is -2.56. The summed E-state index contributed by atoms with van der Waals surface area (Å²) in [5.41, 5.74) is 0. The fraction of sp³-hybridized carbons (Fsp3) is 1.00. The zero-order valence-corrected chi connectivity index (χ0v) is 10.0. The maximum atomic E-state index is 6.04. The van der Waals surface area contributed by atoms with E-state index in [9.17, 15) is 0 Å². The van der Waals surface area contributed by atoms with Gasteiger partial charge in [0, 0.05) is 13.1 Å². The lowest BCUT2D eigenvalue weighted by Crippen LogP contribution is -2.54. The third-order valence-electron chi connectivity index (χ3n) is 5.69. The Morgan fingerprint density at radius 3 is 2.12 bits per heavy atom. The molecule has 0 aromatic heterocycles. The second kappa shape index (κ2) is 3.71. The van der Waals surface area contributed by atoms with Crippen molar-refractivity contribution < 1.29 is 4.74 Å². The van der Waals surface area contributed by atoms with Crippen molar-refractivity contribution in [3.63, 3.8) is 0 Å². The lowest BCUT2D eigenvalue weighted by molar-refractivity contribution is -0.118. The highest BCUT2D eigenvalue weighted by atomic mass is 16.5. The van der Waals surface area contributed by atoms with Crippen molar-refractivity contribution in [3.05, 3.63) is 0 Å². The quantitative estimate of drug-likeness (QED) is 0.731. The molecular formula is C14H23NO. The van der Waals surface area contributed by atoms with Crippen LogP contribution in [0.4, 0.5) is 0 Å². The summed E-state index contributed by atoms with van der Waals surface area (Å²) in [4.78, 5) is 0. The minimum Gasteiger partial charge on any atom is -0.375 e. The Morgan fingerprint density at radius 2 is 1.56 bits per heavy atom. The van der Waals surface area contributed by atoms with E-state index in [1.807, 2.05) is 0 Å². The van der Waals surface area contributed by atoms with Gasteiger partial charge in [-0.1, -0.05) is 0 Å². The van der Waals surface area contributed by atoms with E-state index >= 15 is 0 Å². The van der Waals surface area contributed by atoms with Gasteiger partial charge in [-0.3, -0.25) is 0 Å². The maximum Gasteiger partial charge on any atom is 0.0733 e. The Kier molecular flexibility index (Phi) is 2.29. The van der Waals surface area contributed by atoms with Gasteiger partial charge in [-0.05, 0) is 61.7 Å². The van der Waals surface area contributed by atoms with Crippen LogP contribution in [0.25, 0.3) is 0 Å². The van der Waals surface area contributed by atoms with E-state index in [-0.39, 0.29) is 0 Å². The summed E-state index contributed by atoms with van der Waals surface area (Å²) in [6, 6.07) is 0. The minimum absolute atomic E-state index is 0.545. The average molecular weight is 221 g/mol. The van der Waals surface area contributed by atoms with Crippen molar-refractivity contribution in [2.75, 3.05) is 19.7 Å². The van der Waals surface area contributed by atoms with Crippen LogP contribution in [0, 0.1) is 29.6 Å². The van der Waals surface area contributed by atoms with Crippen molar-refractivity contribution in [1.29, 1.82) is 0 Å². The van der Waals surface area contributed by atoms with Gasteiger partial charge in [0.15, 0.2) is 0 Å². The molecule has 1 heterocycles. The predicted molar refractivity (Wildman–Crippen MR) is 63.1 cm³/mol. The third-order valence-corrected chi connectivity index (χ3v) is 5.69. The molecule has 5 rings (SSSR count). The smallest absolute Gasteiger partial charge is 0.0733 e. The van der Waals surface area contributed by atoms with Crippen molar-refractivity contribution >= 4 is 0 Å². The molecule has 0 aromatic rings. The van der Waals surface area contributed by atoms with E-state index in [0.29, 0.717) is 6.10 Å². The van der Waals surface area contributed by atoms with Crippen molar-refractivity contribution in [2.45, 2.75) is 38.2 Å². The molecule has 4 bridgehead atoms. The fourth-order valence-corrected chi connectivity index (χ4v) is 5.41. The van der Waals surface area contributed by atoms with E-state index in [0.717, 1.165) is 49.3 Å². The number of hydrogen-bond donors (Lipinski definition) is 1. The molecule has 4 aliphatic carbocycles. The van der Waals surface area contributed by atoms with Gasteiger partial charge in [-0.25, -0.2) is 0 Å². The molecule has 1 unspecified atom stereocenters. The normalized spacial score (nSPS) is 55.5. The van der Waals surface area contributed by atoms with Gasteiger partial charge in [0.05, 0.1) is 12.7 Å². The van der Waals surface area contributed by atoms with Crippen LogP contribution in [-0.2, 0) is 4.74 Å². The highest BCUT2D eigenvalue weighted by Crippen LogP contribution is 2.57. The Labute approximate surface area is 98.1 Å². The highest BCUT2D eigenvalue weighted by molar-refractivity contribution is 5.01. The van der Waals surface area contributed by atoms with Crippen LogP contribution in [0.3, 0.4) is 0 Å². The number of ether oxygens (including phenoxy) is 1. The van der Waals surface area contributed by atoms with E-state index < -0.39 is 0 Å². The molecule has 2 heteroatoms. The third kappa shape index (κ3) is 1.46. The Morgan fingerprint density at radius 1 is 0.875 bits per heavy atom. The standard InChI is InChI=1S/C14H23NO/c1-2-16-13(8-15-1)14-11-4-9-3-10(6-11)7-12(14)5-9/h9-15H,1-8H2. The molecule has 16 heavy (non-hydrogen) atoms. The van der Waals surface area contributed by atoms with Crippen LogP contribution in [-0.4, -0.2) is 25.8 Å². The van der Waals surface area contributed by atoms with Gasteiger partial charge in [0.2, 0.25) is 0 Å². The highest BCUT2D eigenvalue weighted by Gasteiger charge is 2.50. The van der Waals surface area contributed by atoms with E-state index in [2.05, 4.69) is 5.32 Å². The topological polar surface area (TPSA) is 21.3 Å². The first-order valence-electron chi connectivity index (χ1n) is 7.22. The first-order valence-corrected chi connectivity index (χ1v) is 7.22. The molecule has 1 aliphatic heterocycles. The molecule has 0 spiro atoms. The second-order valence-electron chi connectivity index (χ2n) is 6.62. The Balaban J connectivity index is 1.55. The van der Waals surface area contributed by atoms with Gasteiger partial charge in [-0.2, -0.15) is 0 Å². The van der Waals surface area contributed by atoms with Gasteiger partial charge < -0.3 is 10.1 Å². The van der Waals surface area contributed by atoms with Gasteiger partial charge in [0.25, 0.3) is 0 Å². The van der Waals surface area contributed by atoms with E-state index in [1.165, 1.54) is 25.7 Å². The van der Waals surface area contributed by atoms with Gasteiger partial charge >= 0.3 is 0 Å². The lowest BCUT2D eigenvalue weighted by atomic mass is 9.51. The van der Waals surface area contributed by atoms with E-state index in [1.54, 1.807) is 6.42 Å². The summed E-state index contributed by atoms with van der Waals surface area (Å²) in [5.74, 6) is 5.12. The number of morpholine rings is 1. The Bertz CT molecular complexity index is 241. The summed E-state index contributed by atoms with van der Waals surface area (Å²) in [6.45, 7) is 3.12. The molecule has 0 radical (unpaired) electrons. The van der Waals surface area contributed by atoms with E-state index in [4.69, 9.17) is 4.74 Å². The van der Waals surface area contributed by atoms with Crippen LogP contribution < -0.4 is 5.32 Å². The number of hydrogen-bond acceptors (Lipinski definition) is 2. The number of rotatable bonds is 1. The molecular weight excluding hydrogens is 198 g/mol. The van der Waals surface area contributed by atoms with Gasteiger partial charge in [-0.15, -0.1) is 0 Å². The minimum atomic E-state index is 0.545. The molecule has 4 saturated carbocycles.